The normalized spacial score (nSPS) is 12.0. The molecule has 1 rings (SSSR count). The number of amides is 1. The van der Waals surface area contributed by atoms with Crippen molar-refractivity contribution in [2.75, 3.05) is 25.5 Å². The lowest BCUT2D eigenvalue weighted by atomic mass is 10.1. The van der Waals surface area contributed by atoms with Crippen molar-refractivity contribution in [2.45, 2.75) is 13.5 Å². The molecule has 1 amide bonds. The van der Waals surface area contributed by atoms with E-state index < -0.39 is 0 Å². The van der Waals surface area contributed by atoms with Crippen LogP contribution in [-0.2, 0) is 11.3 Å². The van der Waals surface area contributed by atoms with E-state index in [0.717, 1.165) is 11.4 Å². The first-order chi connectivity index (χ1) is 8.08. The molecule has 0 bridgehead atoms. The third-order valence-electron chi connectivity index (χ3n) is 2.70. The highest BCUT2D eigenvalue weighted by Gasteiger charge is 2.13. The van der Waals surface area contributed by atoms with Gasteiger partial charge in [0.1, 0.15) is 0 Å². The zero-order valence-corrected chi connectivity index (χ0v) is 10.6. The molecule has 0 aliphatic heterocycles. The zero-order valence-electron chi connectivity index (χ0n) is 10.6. The fourth-order valence-electron chi connectivity index (χ4n) is 1.61. The van der Waals surface area contributed by atoms with Gasteiger partial charge in [-0.2, -0.15) is 0 Å². The van der Waals surface area contributed by atoms with Gasteiger partial charge < -0.3 is 16.0 Å². The van der Waals surface area contributed by atoms with Crippen molar-refractivity contribution >= 4 is 11.6 Å². The Labute approximate surface area is 102 Å². The summed E-state index contributed by atoms with van der Waals surface area (Å²) in [6.07, 6.45) is 1.78. The summed E-state index contributed by atoms with van der Waals surface area (Å²) in [5.74, 6) is -0.0115. The molecule has 5 nitrogen and oxygen atoms in total. The van der Waals surface area contributed by atoms with Crippen LogP contribution in [0.1, 0.15) is 12.6 Å². The van der Waals surface area contributed by atoms with E-state index in [4.69, 9.17) is 5.73 Å². The first kappa shape index (κ1) is 13.4. The lowest BCUT2D eigenvalue weighted by molar-refractivity contribution is -0.123. The van der Waals surface area contributed by atoms with E-state index in [1.165, 1.54) is 0 Å². The number of hydrogen-bond acceptors (Lipinski definition) is 4. The van der Waals surface area contributed by atoms with Gasteiger partial charge in [0.05, 0.1) is 23.5 Å². The summed E-state index contributed by atoms with van der Waals surface area (Å²) >= 11 is 0. The van der Waals surface area contributed by atoms with Crippen LogP contribution in [0.2, 0.25) is 0 Å². The van der Waals surface area contributed by atoms with Gasteiger partial charge in [-0.05, 0) is 12.1 Å². The molecule has 1 aromatic rings. The number of rotatable bonds is 5. The topological polar surface area (TPSA) is 71.2 Å². The first-order valence-electron chi connectivity index (χ1n) is 5.66. The summed E-state index contributed by atoms with van der Waals surface area (Å²) in [7, 11) is 3.59. The molecule has 0 saturated carbocycles. The predicted octanol–water partition coefficient (Wildman–Crippen LogP) is 0.359. The highest BCUT2D eigenvalue weighted by atomic mass is 16.1. The van der Waals surface area contributed by atoms with E-state index in [2.05, 4.69) is 10.3 Å². The maximum Gasteiger partial charge on any atom is 0.224 e. The number of hydrogen-bond donors (Lipinski definition) is 2. The lowest BCUT2D eigenvalue weighted by Gasteiger charge is -2.22. The summed E-state index contributed by atoms with van der Waals surface area (Å²) < 4.78 is 0. The van der Waals surface area contributed by atoms with Crippen LogP contribution in [0.5, 0.6) is 0 Å². The minimum absolute atomic E-state index is 0.0448. The minimum atomic E-state index is -0.0563. The number of nitrogens with two attached hydrogens (primary N) is 1. The van der Waals surface area contributed by atoms with Crippen molar-refractivity contribution in [1.82, 2.24) is 10.3 Å². The Morgan fingerprint density at radius 3 is 2.76 bits per heavy atom. The Kier molecular flexibility index (Phi) is 4.90. The molecule has 5 heteroatoms. The van der Waals surface area contributed by atoms with Crippen molar-refractivity contribution in [3.63, 3.8) is 0 Å². The molecule has 0 aromatic carbocycles. The highest BCUT2D eigenvalue weighted by molar-refractivity contribution is 5.78. The maximum absolute atomic E-state index is 11.4. The number of anilines is 1. The first-order valence-corrected chi connectivity index (χ1v) is 5.66. The van der Waals surface area contributed by atoms with Crippen molar-refractivity contribution < 1.29 is 4.79 Å². The fraction of sp³-hybridized carbons (Fsp3) is 0.500. The molecule has 0 spiro atoms. The molecule has 1 aromatic heterocycles. The Bertz CT molecular complexity index is 363. The SMILES string of the molecule is CNC(=O)C(C)CN(C)c1ccc(CN)nc1. The third kappa shape index (κ3) is 3.71. The van der Waals surface area contributed by atoms with Gasteiger partial charge in [0.2, 0.25) is 5.91 Å². The molecule has 1 atom stereocenters. The van der Waals surface area contributed by atoms with Crippen LogP contribution in [0.15, 0.2) is 18.3 Å². The molecule has 0 fully saturated rings. The standard InChI is InChI=1S/C12H20N4O/c1-9(12(17)14-2)8-16(3)11-5-4-10(6-13)15-7-11/h4-5,7,9H,6,8,13H2,1-3H3,(H,14,17). The third-order valence-corrected chi connectivity index (χ3v) is 2.70. The summed E-state index contributed by atoms with van der Waals surface area (Å²) in [6.45, 7) is 3.00. The van der Waals surface area contributed by atoms with Gasteiger partial charge in [-0.1, -0.05) is 6.92 Å². The van der Waals surface area contributed by atoms with Crippen molar-refractivity contribution in [3.05, 3.63) is 24.0 Å². The van der Waals surface area contributed by atoms with Crippen molar-refractivity contribution in [1.29, 1.82) is 0 Å². The fourth-order valence-corrected chi connectivity index (χ4v) is 1.61. The van der Waals surface area contributed by atoms with Crippen molar-refractivity contribution in [3.8, 4) is 0 Å². The van der Waals surface area contributed by atoms with E-state index in [1.807, 2.05) is 31.0 Å². The molecule has 0 aliphatic rings. The Morgan fingerprint density at radius 2 is 2.29 bits per heavy atom. The molecular weight excluding hydrogens is 216 g/mol. The number of nitrogens with zero attached hydrogens (tertiary/aromatic N) is 2. The molecule has 1 heterocycles. The average Bonchev–Trinajstić information content (AvgIpc) is 2.37. The van der Waals surface area contributed by atoms with Gasteiger partial charge in [-0.15, -0.1) is 0 Å². The second kappa shape index (κ2) is 6.20. The van der Waals surface area contributed by atoms with E-state index in [1.54, 1.807) is 13.2 Å². The van der Waals surface area contributed by atoms with Crippen LogP contribution in [0, 0.1) is 5.92 Å². The van der Waals surface area contributed by atoms with Gasteiger partial charge >= 0.3 is 0 Å². The molecule has 0 radical (unpaired) electrons. The second-order valence-electron chi connectivity index (χ2n) is 4.11. The quantitative estimate of drug-likeness (QED) is 0.774. The molecule has 3 N–H and O–H groups in total. The molecule has 0 saturated heterocycles. The van der Waals surface area contributed by atoms with Gasteiger partial charge in [-0.25, -0.2) is 0 Å². The summed E-state index contributed by atoms with van der Waals surface area (Å²) in [5, 5.41) is 2.64. The molecule has 1 unspecified atom stereocenters. The van der Waals surface area contributed by atoms with Crippen LogP contribution < -0.4 is 16.0 Å². The summed E-state index contributed by atoms with van der Waals surface area (Å²) in [6, 6.07) is 3.86. The van der Waals surface area contributed by atoms with E-state index >= 15 is 0 Å². The minimum Gasteiger partial charge on any atom is -0.373 e. The van der Waals surface area contributed by atoms with E-state index in [0.29, 0.717) is 13.1 Å². The predicted molar refractivity (Wildman–Crippen MR) is 68.6 cm³/mol. The number of pyridine rings is 1. The van der Waals surface area contributed by atoms with Crippen LogP contribution in [0.25, 0.3) is 0 Å². The van der Waals surface area contributed by atoms with Gasteiger partial charge in [0.25, 0.3) is 0 Å². The Morgan fingerprint density at radius 1 is 1.59 bits per heavy atom. The number of nitrogens with one attached hydrogen (secondary N) is 1. The van der Waals surface area contributed by atoms with Gasteiger partial charge in [0.15, 0.2) is 0 Å². The molecule has 94 valence electrons. The van der Waals surface area contributed by atoms with Gasteiger partial charge in [0, 0.05) is 27.2 Å². The Hall–Kier alpha value is -1.62. The van der Waals surface area contributed by atoms with Crippen LogP contribution in [0.3, 0.4) is 0 Å². The number of carbonyl (C=O) groups is 1. The number of carbonyl (C=O) groups excluding carboxylic acids is 1. The number of aromatic nitrogens is 1. The maximum atomic E-state index is 11.4. The average molecular weight is 236 g/mol. The molecular formula is C12H20N4O. The van der Waals surface area contributed by atoms with Crippen LogP contribution in [-0.4, -0.2) is 31.5 Å². The van der Waals surface area contributed by atoms with Crippen LogP contribution in [0.4, 0.5) is 5.69 Å². The monoisotopic (exact) mass is 236 g/mol. The molecule has 17 heavy (non-hydrogen) atoms. The summed E-state index contributed by atoms with van der Waals surface area (Å²) in [5.41, 5.74) is 7.33. The lowest BCUT2D eigenvalue weighted by Crippen LogP contribution is -2.34. The largest absolute Gasteiger partial charge is 0.373 e. The zero-order chi connectivity index (χ0) is 12.8. The van der Waals surface area contributed by atoms with E-state index in [-0.39, 0.29) is 11.8 Å². The smallest absolute Gasteiger partial charge is 0.224 e. The van der Waals surface area contributed by atoms with Crippen molar-refractivity contribution in [2.24, 2.45) is 11.7 Å². The Balaban J connectivity index is 2.62. The van der Waals surface area contributed by atoms with Crippen LogP contribution >= 0.6 is 0 Å². The van der Waals surface area contributed by atoms with Gasteiger partial charge in [-0.3, -0.25) is 9.78 Å². The summed E-state index contributed by atoms with van der Waals surface area (Å²) in [4.78, 5) is 17.6. The van der Waals surface area contributed by atoms with E-state index in [9.17, 15) is 4.79 Å². The highest BCUT2D eigenvalue weighted by Crippen LogP contribution is 2.13. The molecule has 0 aliphatic carbocycles. The second-order valence-corrected chi connectivity index (χ2v) is 4.11.